The molecule has 0 unspecified atom stereocenters. The highest BCUT2D eigenvalue weighted by molar-refractivity contribution is 5.80. The number of ether oxygens (including phenoxy) is 1. The molecule has 1 atom stereocenters. The molecule has 0 saturated carbocycles. The Morgan fingerprint density at radius 1 is 1.26 bits per heavy atom. The molecule has 120 valence electrons. The minimum Gasteiger partial charge on any atom is -0.464 e. The second-order valence-electron chi connectivity index (χ2n) is 6.21. The predicted molar refractivity (Wildman–Crippen MR) is 88.1 cm³/mol. The number of nitrogens with zero attached hydrogens (tertiary/aromatic N) is 2. The first kappa shape index (κ1) is 14.5. The van der Waals surface area contributed by atoms with Crippen LogP contribution >= 0.6 is 0 Å². The Balaban J connectivity index is 1.48. The van der Waals surface area contributed by atoms with Gasteiger partial charge < -0.3 is 9.15 Å². The summed E-state index contributed by atoms with van der Waals surface area (Å²) in [6, 6.07) is 10.4. The van der Waals surface area contributed by atoms with E-state index in [0.717, 1.165) is 50.5 Å². The standard InChI is InChI=1S/C18H21N3O2/c1-2-15(17-5-8-23-18(17)3-1)10-14-11-21(7-9-22-13-14)12-16-4-6-19-20-16/h1-6,8,14H,7,9-13H2,(H,19,20)/t14-/m0/s1. The Hall–Kier alpha value is -2.11. The van der Waals surface area contributed by atoms with Gasteiger partial charge in [0.05, 0.1) is 19.5 Å². The lowest BCUT2D eigenvalue weighted by Crippen LogP contribution is -2.30. The van der Waals surface area contributed by atoms with Crippen molar-refractivity contribution in [1.82, 2.24) is 15.1 Å². The van der Waals surface area contributed by atoms with E-state index in [9.17, 15) is 0 Å². The molecule has 1 saturated heterocycles. The first-order valence-electron chi connectivity index (χ1n) is 8.12. The maximum Gasteiger partial charge on any atom is 0.134 e. The number of rotatable bonds is 4. The molecule has 3 aromatic rings. The van der Waals surface area contributed by atoms with Crippen LogP contribution in [0.4, 0.5) is 0 Å². The molecule has 0 amide bonds. The molecule has 0 bridgehead atoms. The molecule has 1 aliphatic heterocycles. The molecule has 1 aromatic carbocycles. The molecule has 3 heterocycles. The molecule has 5 heteroatoms. The molecule has 0 radical (unpaired) electrons. The van der Waals surface area contributed by atoms with Crippen LogP contribution in [0.3, 0.4) is 0 Å². The van der Waals surface area contributed by atoms with Crippen LogP contribution in [0.15, 0.2) is 47.2 Å². The molecule has 0 spiro atoms. The van der Waals surface area contributed by atoms with E-state index in [1.165, 1.54) is 10.9 Å². The SMILES string of the molecule is c1cc(C[C@@H]2COCCN(Cc3ccn[nH]3)C2)c2ccoc2c1. The number of hydrogen-bond acceptors (Lipinski definition) is 4. The summed E-state index contributed by atoms with van der Waals surface area (Å²) in [6.45, 7) is 4.50. The largest absolute Gasteiger partial charge is 0.464 e. The maximum atomic E-state index is 5.83. The van der Waals surface area contributed by atoms with Gasteiger partial charge in [0.2, 0.25) is 0 Å². The summed E-state index contributed by atoms with van der Waals surface area (Å²) in [4.78, 5) is 2.45. The van der Waals surface area contributed by atoms with Crippen molar-refractivity contribution in [2.24, 2.45) is 5.92 Å². The van der Waals surface area contributed by atoms with Gasteiger partial charge in [0.25, 0.3) is 0 Å². The third kappa shape index (κ3) is 3.30. The van der Waals surface area contributed by atoms with E-state index in [2.05, 4.69) is 33.3 Å². The van der Waals surface area contributed by atoms with E-state index in [1.807, 2.05) is 12.1 Å². The van der Waals surface area contributed by atoms with E-state index < -0.39 is 0 Å². The average Bonchev–Trinajstić information content (AvgIpc) is 3.18. The van der Waals surface area contributed by atoms with E-state index in [0.29, 0.717) is 5.92 Å². The van der Waals surface area contributed by atoms with Crippen molar-refractivity contribution < 1.29 is 9.15 Å². The number of nitrogens with one attached hydrogen (secondary N) is 1. The van der Waals surface area contributed by atoms with Gasteiger partial charge in [0, 0.05) is 36.9 Å². The number of aromatic nitrogens is 2. The smallest absolute Gasteiger partial charge is 0.134 e. The number of H-pyrrole nitrogens is 1. The molecule has 1 N–H and O–H groups in total. The van der Waals surface area contributed by atoms with Crippen molar-refractivity contribution >= 4 is 11.0 Å². The number of hydrogen-bond donors (Lipinski definition) is 1. The summed E-state index contributed by atoms with van der Waals surface area (Å²) in [5.74, 6) is 0.487. The lowest BCUT2D eigenvalue weighted by Gasteiger charge is -2.22. The number of benzene rings is 1. The van der Waals surface area contributed by atoms with Gasteiger partial charge >= 0.3 is 0 Å². The quantitative estimate of drug-likeness (QED) is 0.805. The maximum absolute atomic E-state index is 5.83. The zero-order valence-electron chi connectivity index (χ0n) is 13.1. The molecule has 4 rings (SSSR count). The highest BCUT2D eigenvalue weighted by Crippen LogP contribution is 2.23. The summed E-state index contributed by atoms with van der Waals surface area (Å²) in [5.41, 5.74) is 3.46. The van der Waals surface area contributed by atoms with Crippen LogP contribution in [0, 0.1) is 5.92 Å². The lowest BCUT2D eigenvalue weighted by atomic mass is 9.97. The van der Waals surface area contributed by atoms with Gasteiger partial charge in [0.15, 0.2) is 0 Å². The Kier molecular flexibility index (Phi) is 4.13. The van der Waals surface area contributed by atoms with Gasteiger partial charge in [-0.05, 0) is 36.1 Å². The monoisotopic (exact) mass is 311 g/mol. The Morgan fingerprint density at radius 2 is 2.26 bits per heavy atom. The fourth-order valence-corrected chi connectivity index (χ4v) is 3.38. The fraction of sp³-hybridized carbons (Fsp3) is 0.389. The lowest BCUT2D eigenvalue weighted by molar-refractivity contribution is 0.122. The molecule has 5 nitrogen and oxygen atoms in total. The second kappa shape index (κ2) is 6.56. The minimum atomic E-state index is 0.487. The van der Waals surface area contributed by atoms with Crippen molar-refractivity contribution in [1.29, 1.82) is 0 Å². The minimum absolute atomic E-state index is 0.487. The zero-order chi connectivity index (χ0) is 15.5. The highest BCUT2D eigenvalue weighted by atomic mass is 16.5. The van der Waals surface area contributed by atoms with Crippen molar-refractivity contribution in [3.05, 3.63) is 54.0 Å². The van der Waals surface area contributed by atoms with E-state index in [1.54, 1.807) is 12.5 Å². The van der Waals surface area contributed by atoms with Crippen molar-refractivity contribution in [3.63, 3.8) is 0 Å². The van der Waals surface area contributed by atoms with E-state index in [-0.39, 0.29) is 0 Å². The number of fused-ring (bicyclic) bond motifs is 1. The van der Waals surface area contributed by atoms with Crippen LogP contribution in [-0.4, -0.2) is 41.4 Å². The van der Waals surface area contributed by atoms with Crippen molar-refractivity contribution in [3.8, 4) is 0 Å². The number of furan rings is 1. The van der Waals surface area contributed by atoms with Crippen molar-refractivity contribution in [2.45, 2.75) is 13.0 Å². The molecule has 1 fully saturated rings. The average molecular weight is 311 g/mol. The van der Waals surface area contributed by atoms with Crippen LogP contribution in [0.5, 0.6) is 0 Å². The Morgan fingerprint density at radius 3 is 3.17 bits per heavy atom. The molecular formula is C18H21N3O2. The second-order valence-corrected chi connectivity index (χ2v) is 6.21. The number of aromatic amines is 1. The van der Waals surface area contributed by atoms with Crippen LogP contribution < -0.4 is 0 Å². The first-order valence-corrected chi connectivity index (χ1v) is 8.12. The third-order valence-electron chi connectivity index (χ3n) is 4.47. The van der Waals surface area contributed by atoms with Gasteiger partial charge in [-0.3, -0.25) is 10.00 Å². The van der Waals surface area contributed by atoms with Gasteiger partial charge in [-0.2, -0.15) is 5.10 Å². The van der Waals surface area contributed by atoms with Crippen LogP contribution in [0.25, 0.3) is 11.0 Å². The molecular weight excluding hydrogens is 290 g/mol. The summed E-state index contributed by atoms with van der Waals surface area (Å²) in [6.07, 6.45) is 4.58. The Bertz CT molecular complexity index is 751. The first-order chi connectivity index (χ1) is 11.4. The molecule has 23 heavy (non-hydrogen) atoms. The summed E-state index contributed by atoms with van der Waals surface area (Å²) < 4.78 is 11.3. The topological polar surface area (TPSA) is 54.3 Å². The summed E-state index contributed by atoms with van der Waals surface area (Å²) >= 11 is 0. The van der Waals surface area contributed by atoms with E-state index in [4.69, 9.17) is 9.15 Å². The molecule has 2 aromatic heterocycles. The highest BCUT2D eigenvalue weighted by Gasteiger charge is 2.20. The van der Waals surface area contributed by atoms with Crippen molar-refractivity contribution in [2.75, 3.05) is 26.3 Å². The molecule has 1 aliphatic rings. The van der Waals surface area contributed by atoms with Gasteiger partial charge in [-0.1, -0.05) is 12.1 Å². The third-order valence-corrected chi connectivity index (χ3v) is 4.47. The van der Waals surface area contributed by atoms with Crippen LogP contribution in [0.2, 0.25) is 0 Å². The summed E-state index contributed by atoms with van der Waals surface area (Å²) in [5, 5.41) is 8.30. The van der Waals surface area contributed by atoms with Gasteiger partial charge in [-0.15, -0.1) is 0 Å². The Labute approximate surface area is 135 Å². The molecule has 0 aliphatic carbocycles. The summed E-state index contributed by atoms with van der Waals surface area (Å²) in [7, 11) is 0. The van der Waals surface area contributed by atoms with Crippen LogP contribution in [-0.2, 0) is 17.7 Å². The predicted octanol–water partition coefficient (Wildman–Crippen LogP) is 2.85. The zero-order valence-corrected chi connectivity index (χ0v) is 13.1. The fourth-order valence-electron chi connectivity index (χ4n) is 3.38. The van der Waals surface area contributed by atoms with Gasteiger partial charge in [0.1, 0.15) is 5.58 Å². The van der Waals surface area contributed by atoms with Crippen LogP contribution in [0.1, 0.15) is 11.3 Å². The van der Waals surface area contributed by atoms with E-state index >= 15 is 0 Å². The normalized spacial score (nSPS) is 19.9. The van der Waals surface area contributed by atoms with Gasteiger partial charge in [-0.25, -0.2) is 0 Å².